The Morgan fingerprint density at radius 3 is 2.89 bits per heavy atom. The summed E-state index contributed by atoms with van der Waals surface area (Å²) in [6.45, 7) is 9.20. The van der Waals surface area contributed by atoms with Gasteiger partial charge in [-0.05, 0) is 65.2 Å². The molecule has 112 valence electrons. The lowest BCUT2D eigenvalue weighted by molar-refractivity contribution is -0.143. The molecule has 0 saturated carbocycles. The molecule has 1 fully saturated rings. The number of ether oxygens (including phenoxy) is 1. The molecule has 0 aromatic heterocycles. The molecule has 1 heterocycles. The summed E-state index contributed by atoms with van der Waals surface area (Å²) < 4.78 is 4.92. The molecule has 4 heteroatoms. The Morgan fingerprint density at radius 2 is 2.16 bits per heavy atom. The van der Waals surface area contributed by atoms with Crippen molar-refractivity contribution in [2.45, 2.75) is 58.4 Å². The zero-order chi connectivity index (χ0) is 13.9. The molecule has 19 heavy (non-hydrogen) atoms. The fourth-order valence-corrected chi connectivity index (χ4v) is 2.67. The fraction of sp³-hybridized carbons (Fsp3) is 0.933. The average molecular weight is 270 g/mol. The zero-order valence-electron chi connectivity index (χ0n) is 12.6. The lowest BCUT2D eigenvalue weighted by Gasteiger charge is -2.19. The Morgan fingerprint density at radius 1 is 1.32 bits per heavy atom. The van der Waals surface area contributed by atoms with Crippen molar-refractivity contribution in [1.29, 1.82) is 0 Å². The van der Waals surface area contributed by atoms with Crippen molar-refractivity contribution in [3.63, 3.8) is 0 Å². The van der Waals surface area contributed by atoms with Crippen LogP contribution in [0.25, 0.3) is 0 Å². The number of nitrogens with one attached hydrogen (secondary N) is 1. The number of rotatable bonds is 8. The minimum absolute atomic E-state index is 0.0701. The third kappa shape index (κ3) is 7.53. The highest BCUT2D eigenvalue weighted by molar-refractivity contribution is 5.69. The number of likely N-dealkylation sites (tertiary alicyclic amines) is 1. The van der Waals surface area contributed by atoms with Crippen LogP contribution >= 0.6 is 0 Å². The monoisotopic (exact) mass is 270 g/mol. The Bertz CT molecular complexity index is 246. The van der Waals surface area contributed by atoms with Crippen molar-refractivity contribution in [3.8, 4) is 0 Å². The van der Waals surface area contributed by atoms with Crippen LogP contribution in [0.15, 0.2) is 0 Å². The van der Waals surface area contributed by atoms with Crippen LogP contribution in [0.4, 0.5) is 0 Å². The van der Waals surface area contributed by atoms with Gasteiger partial charge in [0.1, 0.15) is 0 Å². The smallest absolute Gasteiger partial charge is 0.305 e. The molecule has 1 atom stereocenters. The summed E-state index contributed by atoms with van der Waals surface area (Å²) in [6, 6.07) is 0.629. The van der Waals surface area contributed by atoms with E-state index in [9.17, 15) is 4.79 Å². The number of esters is 1. The van der Waals surface area contributed by atoms with E-state index >= 15 is 0 Å². The van der Waals surface area contributed by atoms with Crippen LogP contribution < -0.4 is 5.32 Å². The van der Waals surface area contributed by atoms with Gasteiger partial charge >= 0.3 is 5.97 Å². The van der Waals surface area contributed by atoms with Gasteiger partial charge in [-0.25, -0.2) is 0 Å². The maximum absolute atomic E-state index is 11.2. The van der Waals surface area contributed by atoms with E-state index in [1.807, 2.05) is 6.92 Å². The number of nitrogens with zero attached hydrogens (tertiary/aromatic N) is 1. The second-order valence-electron chi connectivity index (χ2n) is 5.33. The second-order valence-corrected chi connectivity index (χ2v) is 5.33. The first-order valence-electron chi connectivity index (χ1n) is 7.87. The lowest BCUT2D eigenvalue weighted by Crippen LogP contribution is -2.32. The summed E-state index contributed by atoms with van der Waals surface area (Å²) in [5.41, 5.74) is 0. The summed E-state index contributed by atoms with van der Waals surface area (Å²) in [4.78, 5) is 13.8. The Kier molecular flexibility index (Phi) is 8.84. The maximum atomic E-state index is 11.2. The minimum Gasteiger partial charge on any atom is -0.466 e. The van der Waals surface area contributed by atoms with Crippen LogP contribution in [-0.2, 0) is 9.53 Å². The van der Waals surface area contributed by atoms with E-state index in [1.54, 1.807) is 0 Å². The predicted octanol–water partition coefficient (Wildman–Crippen LogP) is 2.18. The molecule has 1 aliphatic heterocycles. The third-order valence-electron chi connectivity index (χ3n) is 3.66. The van der Waals surface area contributed by atoms with Crippen molar-refractivity contribution in [1.82, 2.24) is 10.2 Å². The molecule has 0 bridgehead atoms. The van der Waals surface area contributed by atoms with Crippen molar-refractivity contribution >= 4 is 5.97 Å². The standard InChI is InChI=1S/C15H30N2O2/c1-3-11-17-12-6-7-14(9-13-17)16-10-5-8-15(18)19-4-2/h14,16H,3-13H2,1-2H3. The van der Waals surface area contributed by atoms with Crippen LogP contribution in [0.5, 0.6) is 0 Å². The quantitative estimate of drug-likeness (QED) is 0.542. The topological polar surface area (TPSA) is 41.6 Å². The summed E-state index contributed by atoms with van der Waals surface area (Å²) >= 11 is 0. The van der Waals surface area contributed by atoms with Crippen LogP contribution in [0.2, 0.25) is 0 Å². The van der Waals surface area contributed by atoms with Crippen LogP contribution in [0.1, 0.15) is 52.4 Å². The Labute approximate surface area is 117 Å². The fourth-order valence-electron chi connectivity index (χ4n) is 2.67. The van der Waals surface area contributed by atoms with E-state index in [2.05, 4.69) is 17.1 Å². The maximum Gasteiger partial charge on any atom is 0.305 e. The van der Waals surface area contributed by atoms with Gasteiger partial charge in [0, 0.05) is 12.5 Å². The van der Waals surface area contributed by atoms with E-state index < -0.39 is 0 Å². The molecule has 1 saturated heterocycles. The Balaban J connectivity index is 2.08. The number of carbonyl (C=O) groups excluding carboxylic acids is 1. The molecule has 1 unspecified atom stereocenters. The van der Waals surface area contributed by atoms with Gasteiger partial charge in [0.05, 0.1) is 6.61 Å². The first-order valence-corrected chi connectivity index (χ1v) is 7.87. The van der Waals surface area contributed by atoms with Gasteiger partial charge in [0.25, 0.3) is 0 Å². The molecule has 0 spiro atoms. The molecule has 0 amide bonds. The highest BCUT2D eigenvalue weighted by Gasteiger charge is 2.15. The summed E-state index contributed by atoms with van der Waals surface area (Å²) in [5.74, 6) is -0.0701. The van der Waals surface area contributed by atoms with E-state index in [1.165, 1.54) is 45.3 Å². The van der Waals surface area contributed by atoms with E-state index in [-0.39, 0.29) is 5.97 Å². The molecule has 1 rings (SSSR count). The SMILES string of the molecule is CCCN1CCCC(NCCCC(=O)OCC)CC1. The van der Waals surface area contributed by atoms with Crippen molar-refractivity contribution in [2.75, 3.05) is 32.8 Å². The van der Waals surface area contributed by atoms with Gasteiger partial charge in [-0.3, -0.25) is 4.79 Å². The summed E-state index contributed by atoms with van der Waals surface area (Å²) in [5, 5.41) is 3.59. The minimum atomic E-state index is -0.0701. The highest BCUT2D eigenvalue weighted by Crippen LogP contribution is 2.11. The van der Waals surface area contributed by atoms with Gasteiger partial charge in [-0.2, -0.15) is 0 Å². The molecule has 0 aliphatic carbocycles. The first-order chi connectivity index (χ1) is 9.26. The van der Waals surface area contributed by atoms with Gasteiger partial charge in [-0.1, -0.05) is 6.92 Å². The van der Waals surface area contributed by atoms with Crippen LogP contribution in [-0.4, -0.2) is 49.7 Å². The second kappa shape index (κ2) is 10.2. The molecule has 4 nitrogen and oxygen atoms in total. The first kappa shape index (κ1) is 16.4. The number of hydrogen-bond donors (Lipinski definition) is 1. The van der Waals surface area contributed by atoms with Gasteiger partial charge < -0.3 is 15.0 Å². The van der Waals surface area contributed by atoms with Crippen molar-refractivity contribution in [3.05, 3.63) is 0 Å². The van der Waals surface area contributed by atoms with Gasteiger partial charge in [0.2, 0.25) is 0 Å². The molecule has 0 radical (unpaired) electrons. The molecule has 0 aromatic carbocycles. The molecular weight excluding hydrogens is 240 g/mol. The molecule has 1 aliphatic rings. The van der Waals surface area contributed by atoms with E-state index in [4.69, 9.17) is 4.74 Å². The third-order valence-corrected chi connectivity index (χ3v) is 3.66. The lowest BCUT2D eigenvalue weighted by atomic mass is 10.1. The van der Waals surface area contributed by atoms with Crippen molar-refractivity contribution < 1.29 is 9.53 Å². The van der Waals surface area contributed by atoms with Gasteiger partial charge in [-0.15, -0.1) is 0 Å². The highest BCUT2D eigenvalue weighted by atomic mass is 16.5. The molecular formula is C15H30N2O2. The summed E-state index contributed by atoms with van der Waals surface area (Å²) in [7, 11) is 0. The van der Waals surface area contributed by atoms with Crippen molar-refractivity contribution in [2.24, 2.45) is 0 Å². The van der Waals surface area contributed by atoms with E-state index in [0.717, 1.165) is 13.0 Å². The normalized spacial score (nSPS) is 21.1. The van der Waals surface area contributed by atoms with Crippen LogP contribution in [0, 0.1) is 0 Å². The molecule has 1 N–H and O–H groups in total. The average Bonchev–Trinajstić information content (AvgIpc) is 2.61. The van der Waals surface area contributed by atoms with Gasteiger partial charge in [0.15, 0.2) is 0 Å². The largest absolute Gasteiger partial charge is 0.466 e. The van der Waals surface area contributed by atoms with Crippen LogP contribution in [0.3, 0.4) is 0 Å². The Hall–Kier alpha value is -0.610. The molecule has 0 aromatic rings. The van der Waals surface area contributed by atoms with E-state index in [0.29, 0.717) is 19.1 Å². The summed E-state index contributed by atoms with van der Waals surface area (Å²) in [6.07, 6.45) is 6.45. The number of hydrogen-bond acceptors (Lipinski definition) is 4. The number of carbonyl (C=O) groups is 1. The zero-order valence-corrected chi connectivity index (χ0v) is 12.6. The predicted molar refractivity (Wildman–Crippen MR) is 78.2 cm³/mol.